The van der Waals surface area contributed by atoms with Crippen LogP contribution in [0.4, 0.5) is 0 Å². The third-order valence-electron chi connectivity index (χ3n) is 4.62. The Morgan fingerprint density at radius 2 is 1.79 bits per heavy atom. The summed E-state index contributed by atoms with van der Waals surface area (Å²) < 4.78 is 0. The molecule has 0 radical (unpaired) electrons. The fraction of sp³-hybridized carbons (Fsp3) is 0.579. The summed E-state index contributed by atoms with van der Waals surface area (Å²) in [6, 6.07) is 9.45. The molecule has 0 nitrogen and oxygen atoms in total. The van der Waals surface area contributed by atoms with Crippen LogP contribution in [0.5, 0.6) is 0 Å². The molecular formula is C19H28. The van der Waals surface area contributed by atoms with Crippen molar-refractivity contribution in [2.24, 2.45) is 5.92 Å². The number of unbranched alkanes of at least 4 members (excludes halogenated alkanes) is 1. The molecule has 0 bridgehead atoms. The quantitative estimate of drug-likeness (QED) is 0.558. The predicted octanol–water partition coefficient (Wildman–Crippen LogP) is 5.88. The molecule has 1 aliphatic rings. The van der Waals surface area contributed by atoms with Crippen molar-refractivity contribution < 1.29 is 0 Å². The van der Waals surface area contributed by atoms with E-state index in [0.717, 1.165) is 11.8 Å². The van der Waals surface area contributed by atoms with Crippen molar-refractivity contribution in [3.63, 3.8) is 0 Å². The van der Waals surface area contributed by atoms with E-state index in [1.54, 1.807) is 5.56 Å². The molecule has 1 aromatic carbocycles. The molecule has 104 valence electrons. The van der Waals surface area contributed by atoms with Crippen molar-refractivity contribution in [1.29, 1.82) is 0 Å². The lowest BCUT2D eigenvalue weighted by Crippen LogP contribution is -2.12. The van der Waals surface area contributed by atoms with Crippen LogP contribution in [0.25, 0.3) is 0 Å². The first-order valence-corrected chi connectivity index (χ1v) is 8.03. The smallest absolute Gasteiger partial charge is 0.0162 e. The minimum absolute atomic E-state index is 0.807. The molecule has 0 heteroatoms. The van der Waals surface area contributed by atoms with Crippen molar-refractivity contribution in [3.05, 3.63) is 48.0 Å². The summed E-state index contributed by atoms with van der Waals surface area (Å²) in [4.78, 5) is 0. The highest BCUT2D eigenvalue weighted by Crippen LogP contribution is 2.37. The summed E-state index contributed by atoms with van der Waals surface area (Å²) >= 11 is 0. The Bertz CT molecular complexity index is 366. The Hall–Kier alpha value is -1.04. The molecule has 0 unspecified atom stereocenters. The van der Waals surface area contributed by atoms with E-state index < -0.39 is 0 Å². The fourth-order valence-corrected chi connectivity index (χ4v) is 3.30. The van der Waals surface area contributed by atoms with Crippen molar-refractivity contribution in [2.45, 2.75) is 64.2 Å². The van der Waals surface area contributed by atoms with E-state index in [9.17, 15) is 0 Å². The zero-order valence-electron chi connectivity index (χ0n) is 12.4. The zero-order chi connectivity index (χ0) is 13.5. The minimum atomic E-state index is 0.807. The first kappa shape index (κ1) is 14.4. The van der Waals surface area contributed by atoms with Crippen LogP contribution in [0.15, 0.2) is 36.9 Å². The van der Waals surface area contributed by atoms with Gasteiger partial charge in [0.2, 0.25) is 0 Å². The zero-order valence-corrected chi connectivity index (χ0v) is 12.4. The largest absolute Gasteiger partial charge is 0.103 e. The highest BCUT2D eigenvalue weighted by molar-refractivity contribution is 5.25. The van der Waals surface area contributed by atoms with Crippen molar-refractivity contribution in [1.82, 2.24) is 0 Å². The predicted molar refractivity (Wildman–Crippen MR) is 84.6 cm³/mol. The maximum Gasteiger partial charge on any atom is -0.0162 e. The summed E-state index contributed by atoms with van der Waals surface area (Å²) in [5.41, 5.74) is 3.07. The van der Waals surface area contributed by atoms with Gasteiger partial charge in [0.1, 0.15) is 0 Å². The molecule has 0 heterocycles. The van der Waals surface area contributed by atoms with E-state index in [1.165, 1.54) is 56.9 Å². The van der Waals surface area contributed by atoms with E-state index in [1.807, 2.05) is 0 Å². The normalized spacial score (nSPS) is 23.2. The average Bonchev–Trinajstić information content (AvgIpc) is 2.47. The number of hydrogen-bond donors (Lipinski definition) is 0. The van der Waals surface area contributed by atoms with Crippen LogP contribution in [0, 0.1) is 5.92 Å². The SMILES string of the molecule is C=CCC1CCC(c2ccc(CCCC)cc2)CC1. The molecule has 0 N–H and O–H groups in total. The van der Waals surface area contributed by atoms with Gasteiger partial charge >= 0.3 is 0 Å². The van der Waals surface area contributed by atoms with Gasteiger partial charge in [-0.2, -0.15) is 0 Å². The van der Waals surface area contributed by atoms with Gasteiger partial charge in [0.25, 0.3) is 0 Å². The van der Waals surface area contributed by atoms with Gasteiger partial charge in [-0.25, -0.2) is 0 Å². The average molecular weight is 256 g/mol. The lowest BCUT2D eigenvalue weighted by Gasteiger charge is -2.28. The molecule has 1 saturated carbocycles. The van der Waals surface area contributed by atoms with E-state index in [2.05, 4.69) is 43.8 Å². The molecule has 1 aromatic rings. The number of hydrogen-bond acceptors (Lipinski definition) is 0. The Morgan fingerprint density at radius 3 is 2.37 bits per heavy atom. The maximum absolute atomic E-state index is 3.87. The Morgan fingerprint density at radius 1 is 1.11 bits per heavy atom. The van der Waals surface area contributed by atoms with Gasteiger partial charge in [0.05, 0.1) is 0 Å². The summed E-state index contributed by atoms with van der Waals surface area (Å²) in [5.74, 6) is 1.71. The van der Waals surface area contributed by atoms with E-state index in [-0.39, 0.29) is 0 Å². The second-order valence-electron chi connectivity index (χ2n) is 6.09. The first-order chi connectivity index (χ1) is 9.33. The van der Waals surface area contributed by atoms with Crippen LogP contribution in [0.2, 0.25) is 0 Å². The first-order valence-electron chi connectivity index (χ1n) is 8.03. The molecule has 0 amide bonds. The number of aryl methyl sites for hydroxylation is 1. The molecule has 0 aliphatic heterocycles. The standard InChI is InChI=1S/C19H28/c1-3-5-7-17-10-14-19(15-11-17)18-12-8-16(6-4-2)9-13-18/h4,10-11,14-16,18H,2-3,5-9,12-13H2,1H3. The summed E-state index contributed by atoms with van der Waals surface area (Å²) in [6.45, 7) is 6.13. The van der Waals surface area contributed by atoms with Gasteiger partial charge in [0, 0.05) is 0 Å². The Labute approximate surface area is 118 Å². The Kier molecular flexibility index (Phi) is 5.69. The maximum atomic E-state index is 3.87. The molecule has 1 fully saturated rings. The van der Waals surface area contributed by atoms with Crippen molar-refractivity contribution >= 4 is 0 Å². The van der Waals surface area contributed by atoms with Gasteiger partial charge in [0.15, 0.2) is 0 Å². The van der Waals surface area contributed by atoms with Crippen molar-refractivity contribution in [2.75, 3.05) is 0 Å². The third-order valence-corrected chi connectivity index (χ3v) is 4.62. The summed E-state index contributed by atoms with van der Waals surface area (Å²) in [7, 11) is 0. The summed E-state index contributed by atoms with van der Waals surface area (Å²) in [6.07, 6.45) is 12.6. The van der Waals surface area contributed by atoms with E-state index in [4.69, 9.17) is 0 Å². The second-order valence-corrected chi connectivity index (χ2v) is 6.09. The molecule has 0 spiro atoms. The molecule has 1 aliphatic carbocycles. The van der Waals surface area contributed by atoms with Crippen molar-refractivity contribution in [3.8, 4) is 0 Å². The van der Waals surface area contributed by atoms with Crippen LogP contribution in [-0.2, 0) is 6.42 Å². The third kappa shape index (κ3) is 4.23. The number of rotatable bonds is 6. The number of benzene rings is 1. The van der Waals surface area contributed by atoms with Gasteiger partial charge < -0.3 is 0 Å². The van der Waals surface area contributed by atoms with Crippen LogP contribution in [0.1, 0.15) is 68.9 Å². The van der Waals surface area contributed by atoms with Gasteiger partial charge in [-0.05, 0) is 67.9 Å². The molecule has 0 atom stereocenters. The van der Waals surface area contributed by atoms with E-state index >= 15 is 0 Å². The van der Waals surface area contributed by atoms with Gasteiger partial charge in [-0.15, -0.1) is 6.58 Å². The fourth-order valence-electron chi connectivity index (χ4n) is 3.30. The highest BCUT2D eigenvalue weighted by Gasteiger charge is 2.21. The second kappa shape index (κ2) is 7.53. The molecule has 0 saturated heterocycles. The minimum Gasteiger partial charge on any atom is -0.103 e. The molecule has 2 rings (SSSR count). The van der Waals surface area contributed by atoms with E-state index in [0.29, 0.717) is 0 Å². The van der Waals surface area contributed by atoms with Gasteiger partial charge in [-0.1, -0.05) is 43.7 Å². The Balaban J connectivity index is 1.87. The monoisotopic (exact) mass is 256 g/mol. The lowest BCUT2D eigenvalue weighted by molar-refractivity contribution is 0.328. The summed E-state index contributed by atoms with van der Waals surface area (Å²) in [5, 5.41) is 0. The van der Waals surface area contributed by atoms with Crippen LogP contribution in [-0.4, -0.2) is 0 Å². The topological polar surface area (TPSA) is 0 Å². The van der Waals surface area contributed by atoms with Gasteiger partial charge in [-0.3, -0.25) is 0 Å². The van der Waals surface area contributed by atoms with Crippen LogP contribution >= 0.6 is 0 Å². The highest BCUT2D eigenvalue weighted by atomic mass is 14.3. The van der Waals surface area contributed by atoms with Crippen LogP contribution in [0.3, 0.4) is 0 Å². The lowest BCUT2D eigenvalue weighted by atomic mass is 9.77. The number of allylic oxidation sites excluding steroid dienone is 1. The molecular weight excluding hydrogens is 228 g/mol. The van der Waals surface area contributed by atoms with Crippen LogP contribution < -0.4 is 0 Å². The molecule has 0 aromatic heterocycles. The molecule has 19 heavy (non-hydrogen) atoms.